The predicted molar refractivity (Wildman–Crippen MR) is 205 cm³/mol. The van der Waals surface area contributed by atoms with E-state index in [1.54, 1.807) is 11.0 Å². The van der Waals surface area contributed by atoms with Crippen molar-refractivity contribution in [3.63, 3.8) is 0 Å². The van der Waals surface area contributed by atoms with Gasteiger partial charge in [0.25, 0.3) is 5.91 Å². The minimum absolute atomic E-state index is 0.00353. The molecule has 3 fully saturated rings. The molecule has 3 N–H and O–H groups in total. The molecule has 12 nitrogen and oxygen atoms in total. The Labute approximate surface area is 318 Å². The highest BCUT2D eigenvalue weighted by molar-refractivity contribution is 6.33. The first-order valence-electron chi connectivity index (χ1n) is 19.4. The van der Waals surface area contributed by atoms with E-state index in [2.05, 4.69) is 10.2 Å². The van der Waals surface area contributed by atoms with Gasteiger partial charge in [0.15, 0.2) is 6.10 Å². The smallest absolute Gasteiger partial charge is 0.410 e. The second kappa shape index (κ2) is 17.9. The van der Waals surface area contributed by atoms with E-state index in [9.17, 15) is 19.2 Å². The molecule has 0 radical (unpaired) electrons. The van der Waals surface area contributed by atoms with Gasteiger partial charge in [-0.3, -0.25) is 9.59 Å². The number of benzene rings is 2. The Hall–Kier alpha value is -4.03. The summed E-state index contributed by atoms with van der Waals surface area (Å²) in [5.41, 5.74) is 10.2. The van der Waals surface area contributed by atoms with Crippen LogP contribution in [0.3, 0.4) is 0 Å². The first-order chi connectivity index (χ1) is 25.6. The van der Waals surface area contributed by atoms with Gasteiger partial charge in [0.05, 0.1) is 23.7 Å². The van der Waals surface area contributed by atoms with Gasteiger partial charge in [-0.1, -0.05) is 35.9 Å². The Balaban J connectivity index is 1.03. The lowest BCUT2D eigenvalue weighted by Crippen LogP contribution is -2.52. The van der Waals surface area contributed by atoms with E-state index >= 15 is 0 Å². The predicted octanol–water partition coefficient (Wildman–Crippen LogP) is 5.74. The molecule has 2 aromatic rings. The Morgan fingerprint density at radius 3 is 2.26 bits per heavy atom. The number of esters is 1. The van der Waals surface area contributed by atoms with Crippen molar-refractivity contribution in [1.82, 2.24) is 19.6 Å². The summed E-state index contributed by atoms with van der Waals surface area (Å²) >= 11 is 6.43. The van der Waals surface area contributed by atoms with Crippen LogP contribution in [0.4, 0.5) is 21.0 Å². The molecule has 6 rings (SSSR count). The van der Waals surface area contributed by atoms with Crippen molar-refractivity contribution in [2.24, 2.45) is 11.8 Å². The molecular weight excluding hydrogens is 696 g/mol. The Bertz CT molecular complexity index is 1590. The number of para-hydroxylation sites is 1. The lowest BCUT2D eigenvalue weighted by molar-refractivity contribution is -0.144. The van der Waals surface area contributed by atoms with E-state index in [-0.39, 0.29) is 30.4 Å². The number of piperidine rings is 3. The molecule has 0 aliphatic carbocycles. The average molecular weight is 751 g/mol. The van der Waals surface area contributed by atoms with Crippen molar-refractivity contribution in [3.8, 4) is 0 Å². The lowest BCUT2D eigenvalue weighted by Gasteiger charge is -2.41. The van der Waals surface area contributed by atoms with Crippen LogP contribution in [-0.2, 0) is 31.9 Å². The molecule has 13 heteroatoms. The number of halogens is 1. The number of carbonyl (C=O) groups is 4. The molecule has 4 aliphatic rings. The van der Waals surface area contributed by atoms with E-state index in [4.69, 9.17) is 26.8 Å². The summed E-state index contributed by atoms with van der Waals surface area (Å²) in [5.74, 6) is 0.804. The zero-order valence-electron chi connectivity index (χ0n) is 31.2. The van der Waals surface area contributed by atoms with Crippen LogP contribution >= 0.6 is 11.6 Å². The second-order valence-electron chi connectivity index (χ2n) is 15.0. The van der Waals surface area contributed by atoms with E-state index in [0.29, 0.717) is 81.1 Å². The highest BCUT2D eigenvalue weighted by Crippen LogP contribution is 2.34. The van der Waals surface area contributed by atoms with Gasteiger partial charge < -0.3 is 40.1 Å². The third-order valence-electron chi connectivity index (χ3n) is 11.7. The molecular formula is C40H55ClN6O6. The van der Waals surface area contributed by atoms with Crippen molar-refractivity contribution in [2.45, 2.75) is 83.8 Å². The summed E-state index contributed by atoms with van der Waals surface area (Å²) in [4.78, 5) is 60.5. The molecule has 1 atom stereocenters. The van der Waals surface area contributed by atoms with E-state index in [0.717, 1.165) is 74.1 Å². The van der Waals surface area contributed by atoms with Gasteiger partial charge in [0.1, 0.15) is 0 Å². The fraction of sp³-hybridized carbons (Fsp3) is 0.600. The van der Waals surface area contributed by atoms with Crippen molar-refractivity contribution in [2.75, 3.05) is 70.0 Å². The third kappa shape index (κ3) is 9.75. The summed E-state index contributed by atoms with van der Waals surface area (Å²) in [6, 6.07) is 11.4. The molecule has 288 valence electrons. The van der Waals surface area contributed by atoms with Gasteiger partial charge >= 0.3 is 18.1 Å². The van der Waals surface area contributed by atoms with Crippen molar-refractivity contribution < 1.29 is 28.7 Å². The molecule has 0 aromatic heterocycles. The Kier molecular flexibility index (Phi) is 13.0. The Morgan fingerprint density at radius 2 is 1.58 bits per heavy atom. The van der Waals surface area contributed by atoms with E-state index < -0.39 is 12.2 Å². The number of nitrogens with zero attached hydrogens (tertiary/aromatic N) is 4. The number of amides is 4. The number of fused-ring (bicyclic) bond motifs is 1. The molecule has 4 heterocycles. The number of nitrogen functional groups attached to an aromatic ring is 1. The number of aryl methyl sites for hydroxylation is 1. The molecule has 4 aliphatic heterocycles. The molecule has 53 heavy (non-hydrogen) atoms. The molecule has 0 saturated carbocycles. The standard InChI is InChI=1S/C40H55ClN6O6/c1-3-52-36(48)15-18-44-16-8-29(9-17-44)30-10-19-45(20-11-30)38(49)35(26-28-24-27(2)37(42)33(41)25-28)53-40(51)46-21-13-32(14-22-46)47-23-12-31-6-4-5-7-34(31)43-39(47)50/h4-7,24-25,29-30,32,35H,3,8-23,26,42H2,1-2H3,(H,43,50)/t35-/m1/s1. The van der Waals surface area contributed by atoms with Crippen LogP contribution in [0, 0.1) is 18.8 Å². The van der Waals surface area contributed by atoms with Gasteiger partial charge in [-0.25, -0.2) is 9.59 Å². The molecule has 0 bridgehead atoms. The summed E-state index contributed by atoms with van der Waals surface area (Å²) in [5, 5.41) is 3.46. The SMILES string of the molecule is CCOC(=O)CCN1CCC(C2CCN(C(=O)[C@@H](Cc3cc(C)c(N)c(Cl)c3)OC(=O)N3CCC(N4CCc5ccccc5NC4=O)CC3)CC2)CC1. The van der Waals surface area contributed by atoms with Crippen LogP contribution in [0.1, 0.15) is 68.6 Å². The maximum Gasteiger partial charge on any atom is 0.410 e. The van der Waals surface area contributed by atoms with Crippen LogP contribution in [0.15, 0.2) is 36.4 Å². The first-order valence-corrected chi connectivity index (χ1v) is 19.8. The minimum atomic E-state index is -1.01. The van der Waals surface area contributed by atoms with Crippen LogP contribution in [0.25, 0.3) is 0 Å². The number of nitrogens with one attached hydrogen (secondary N) is 1. The maximum absolute atomic E-state index is 14.2. The summed E-state index contributed by atoms with van der Waals surface area (Å²) in [6.07, 6.45) is 5.13. The fourth-order valence-electron chi connectivity index (χ4n) is 8.56. The van der Waals surface area contributed by atoms with Crippen molar-refractivity contribution >= 4 is 47.0 Å². The highest BCUT2D eigenvalue weighted by atomic mass is 35.5. The second-order valence-corrected chi connectivity index (χ2v) is 15.4. The number of rotatable bonds is 10. The normalized spacial score (nSPS) is 20.0. The van der Waals surface area contributed by atoms with Gasteiger partial charge in [-0.2, -0.15) is 0 Å². The number of hydrogen-bond acceptors (Lipinski definition) is 8. The number of hydrogen-bond donors (Lipinski definition) is 2. The molecule has 4 amide bonds. The third-order valence-corrected chi connectivity index (χ3v) is 12.0. The fourth-order valence-corrected chi connectivity index (χ4v) is 8.85. The number of anilines is 2. The highest BCUT2D eigenvalue weighted by Gasteiger charge is 2.37. The number of nitrogens with two attached hydrogens (primary N) is 1. The van der Waals surface area contributed by atoms with Crippen molar-refractivity contribution in [3.05, 3.63) is 58.1 Å². The van der Waals surface area contributed by atoms with E-state index in [1.807, 2.05) is 54.0 Å². The number of urea groups is 1. The number of carbonyl (C=O) groups excluding carboxylic acids is 4. The average Bonchev–Trinajstić information content (AvgIpc) is 3.34. The van der Waals surface area contributed by atoms with Crippen molar-refractivity contribution in [1.29, 1.82) is 0 Å². The first kappa shape index (κ1) is 38.7. The monoisotopic (exact) mass is 750 g/mol. The zero-order valence-corrected chi connectivity index (χ0v) is 32.0. The van der Waals surface area contributed by atoms with Crippen LogP contribution in [0.2, 0.25) is 5.02 Å². The summed E-state index contributed by atoms with van der Waals surface area (Å²) in [6.45, 7) is 9.52. The van der Waals surface area contributed by atoms with Gasteiger partial charge in [0, 0.05) is 57.4 Å². The molecule has 0 spiro atoms. The van der Waals surface area contributed by atoms with Crippen LogP contribution < -0.4 is 11.1 Å². The van der Waals surface area contributed by atoms with Gasteiger partial charge in [-0.05, 0) is 113 Å². The van der Waals surface area contributed by atoms with Crippen LogP contribution in [-0.4, -0.2) is 115 Å². The quantitative estimate of drug-likeness (QED) is 0.232. The lowest BCUT2D eigenvalue weighted by atomic mass is 9.78. The van der Waals surface area contributed by atoms with E-state index in [1.165, 1.54) is 0 Å². The Morgan fingerprint density at radius 1 is 0.925 bits per heavy atom. The van der Waals surface area contributed by atoms with Gasteiger partial charge in [0.2, 0.25) is 0 Å². The van der Waals surface area contributed by atoms with Crippen LogP contribution in [0.5, 0.6) is 0 Å². The molecule has 0 unspecified atom stereocenters. The number of ether oxygens (including phenoxy) is 2. The topological polar surface area (TPSA) is 138 Å². The maximum atomic E-state index is 14.2. The summed E-state index contributed by atoms with van der Waals surface area (Å²) in [7, 11) is 0. The number of likely N-dealkylation sites (tertiary alicyclic amines) is 3. The minimum Gasteiger partial charge on any atom is -0.466 e. The largest absolute Gasteiger partial charge is 0.466 e. The zero-order chi connectivity index (χ0) is 37.5. The molecule has 3 saturated heterocycles. The molecule has 2 aromatic carbocycles. The van der Waals surface area contributed by atoms with Gasteiger partial charge in [-0.15, -0.1) is 0 Å². The summed E-state index contributed by atoms with van der Waals surface area (Å²) < 4.78 is 11.2.